The molecular formula is C16H17N3O5S. The molecule has 0 unspecified atom stereocenters. The van der Waals surface area contributed by atoms with E-state index in [9.17, 15) is 13.2 Å². The first-order chi connectivity index (χ1) is 11.9. The first-order valence-electron chi connectivity index (χ1n) is 7.45. The van der Waals surface area contributed by atoms with E-state index < -0.39 is 15.9 Å². The van der Waals surface area contributed by atoms with Crippen LogP contribution in [0.5, 0.6) is 11.5 Å². The van der Waals surface area contributed by atoms with E-state index in [4.69, 9.17) is 9.47 Å². The maximum atomic E-state index is 12.7. The molecule has 3 rings (SSSR count). The Labute approximate surface area is 145 Å². The number of carbonyl (C=O) groups is 1. The molecule has 1 N–H and O–H groups in total. The van der Waals surface area contributed by atoms with Gasteiger partial charge in [0.05, 0.1) is 31.2 Å². The van der Waals surface area contributed by atoms with Crippen molar-refractivity contribution in [2.45, 2.75) is 0 Å². The minimum atomic E-state index is -3.57. The summed E-state index contributed by atoms with van der Waals surface area (Å²) in [6.07, 6.45) is 4.89. The molecule has 2 heterocycles. The fraction of sp³-hybridized carbons (Fsp3) is 0.250. The lowest BCUT2D eigenvalue weighted by atomic mass is 10.1. The summed E-state index contributed by atoms with van der Waals surface area (Å²) in [5.41, 5.74) is 0.573. The Morgan fingerprint density at radius 2 is 2.08 bits per heavy atom. The van der Waals surface area contributed by atoms with E-state index in [0.29, 0.717) is 17.2 Å². The molecule has 0 bridgehead atoms. The number of hydrogen-bond donors (Lipinski definition) is 1. The zero-order chi connectivity index (χ0) is 18.0. The second-order valence-electron chi connectivity index (χ2n) is 5.34. The van der Waals surface area contributed by atoms with Crippen LogP contribution in [0.3, 0.4) is 0 Å². The molecule has 0 aromatic heterocycles. The van der Waals surface area contributed by atoms with Crippen molar-refractivity contribution in [1.29, 1.82) is 0 Å². The lowest BCUT2D eigenvalue weighted by Crippen LogP contribution is -2.40. The average Bonchev–Trinajstić information content (AvgIpc) is 2.60. The first-order valence-corrected chi connectivity index (χ1v) is 9.06. The normalized spacial score (nSPS) is 17.9. The predicted molar refractivity (Wildman–Crippen MR) is 93.3 cm³/mol. The van der Waals surface area contributed by atoms with Crippen LogP contribution in [0.25, 0.3) is 0 Å². The quantitative estimate of drug-likeness (QED) is 0.862. The number of amidine groups is 1. The second-order valence-corrected chi connectivity index (χ2v) is 7.09. The fourth-order valence-corrected chi connectivity index (χ4v) is 3.48. The van der Waals surface area contributed by atoms with Gasteiger partial charge in [0.1, 0.15) is 11.5 Å². The minimum Gasteiger partial charge on any atom is -0.497 e. The number of anilines is 1. The highest BCUT2D eigenvalue weighted by Crippen LogP contribution is 2.29. The smallest absolute Gasteiger partial charge is 0.259 e. The first kappa shape index (κ1) is 17.0. The molecule has 0 aliphatic carbocycles. The van der Waals surface area contributed by atoms with Crippen LogP contribution >= 0.6 is 0 Å². The van der Waals surface area contributed by atoms with Crippen molar-refractivity contribution in [2.75, 3.05) is 31.8 Å². The molecule has 2 aliphatic heterocycles. The molecule has 132 valence electrons. The molecule has 8 nitrogen and oxygen atoms in total. The SMILES string of the molecule is COc1ccc(OC)c(NC(=O)C2=CC=CN3CCS(=O)(=O)N=C23)c1. The highest BCUT2D eigenvalue weighted by Gasteiger charge is 2.30. The van der Waals surface area contributed by atoms with E-state index in [1.807, 2.05) is 0 Å². The zero-order valence-corrected chi connectivity index (χ0v) is 14.5. The molecule has 0 spiro atoms. The van der Waals surface area contributed by atoms with Crippen molar-refractivity contribution in [3.8, 4) is 11.5 Å². The summed E-state index contributed by atoms with van der Waals surface area (Å²) in [5, 5.41) is 2.72. The Kier molecular flexibility index (Phi) is 4.49. The van der Waals surface area contributed by atoms with E-state index in [-0.39, 0.29) is 23.7 Å². The van der Waals surface area contributed by atoms with Crippen LogP contribution in [-0.4, -0.2) is 51.6 Å². The summed E-state index contributed by atoms with van der Waals surface area (Å²) in [6.45, 7) is 0.255. The summed E-state index contributed by atoms with van der Waals surface area (Å²) in [5.74, 6) is 0.549. The summed E-state index contributed by atoms with van der Waals surface area (Å²) in [6, 6.07) is 4.99. The van der Waals surface area contributed by atoms with E-state index in [1.54, 1.807) is 35.4 Å². The predicted octanol–water partition coefficient (Wildman–Crippen LogP) is 1.14. The van der Waals surface area contributed by atoms with Crippen LogP contribution in [0.1, 0.15) is 0 Å². The number of hydrogen-bond acceptors (Lipinski definition) is 6. The maximum Gasteiger partial charge on any atom is 0.259 e. The third kappa shape index (κ3) is 3.50. The summed E-state index contributed by atoms with van der Waals surface area (Å²) in [4.78, 5) is 14.3. The van der Waals surface area contributed by atoms with Gasteiger partial charge in [-0.2, -0.15) is 0 Å². The van der Waals surface area contributed by atoms with Gasteiger partial charge in [-0.05, 0) is 24.3 Å². The molecule has 0 saturated carbocycles. The standard InChI is InChI=1S/C16H17N3O5S/c1-23-11-5-6-14(24-2)13(10-11)17-16(20)12-4-3-7-19-8-9-25(21,22)18-15(12)19/h3-7,10H,8-9H2,1-2H3,(H,17,20). The number of fused-ring (bicyclic) bond motifs is 1. The third-order valence-corrected chi connectivity index (χ3v) is 4.91. The molecule has 0 atom stereocenters. The summed E-state index contributed by atoms with van der Waals surface area (Å²) < 4.78 is 37.7. The fourth-order valence-electron chi connectivity index (χ4n) is 2.49. The van der Waals surface area contributed by atoms with Crippen molar-refractivity contribution in [3.05, 3.63) is 42.1 Å². The molecular weight excluding hydrogens is 346 g/mol. The molecule has 9 heteroatoms. The van der Waals surface area contributed by atoms with Crippen LogP contribution in [-0.2, 0) is 14.8 Å². The Morgan fingerprint density at radius 3 is 2.80 bits per heavy atom. The highest BCUT2D eigenvalue weighted by atomic mass is 32.2. The van der Waals surface area contributed by atoms with Gasteiger partial charge in [0.15, 0.2) is 5.84 Å². The number of methoxy groups -OCH3 is 2. The van der Waals surface area contributed by atoms with Gasteiger partial charge < -0.3 is 19.7 Å². The van der Waals surface area contributed by atoms with E-state index >= 15 is 0 Å². The van der Waals surface area contributed by atoms with Crippen LogP contribution in [0.2, 0.25) is 0 Å². The van der Waals surface area contributed by atoms with Crippen LogP contribution in [0.4, 0.5) is 5.69 Å². The number of nitrogens with one attached hydrogen (secondary N) is 1. The average molecular weight is 363 g/mol. The van der Waals surface area contributed by atoms with Gasteiger partial charge in [0, 0.05) is 18.8 Å². The Balaban J connectivity index is 1.92. The van der Waals surface area contributed by atoms with Crippen molar-refractivity contribution >= 4 is 27.5 Å². The number of rotatable bonds is 4. The van der Waals surface area contributed by atoms with Crippen LogP contribution < -0.4 is 14.8 Å². The number of benzene rings is 1. The van der Waals surface area contributed by atoms with Crippen molar-refractivity contribution in [2.24, 2.45) is 4.40 Å². The molecule has 0 fully saturated rings. The monoisotopic (exact) mass is 363 g/mol. The van der Waals surface area contributed by atoms with Gasteiger partial charge in [-0.25, -0.2) is 8.42 Å². The Bertz CT molecular complexity index is 902. The topological polar surface area (TPSA) is 97.3 Å². The van der Waals surface area contributed by atoms with E-state index in [0.717, 1.165) is 0 Å². The van der Waals surface area contributed by atoms with Crippen molar-refractivity contribution in [3.63, 3.8) is 0 Å². The number of allylic oxidation sites excluding steroid dienone is 2. The third-order valence-electron chi connectivity index (χ3n) is 3.76. The van der Waals surface area contributed by atoms with Gasteiger partial charge >= 0.3 is 0 Å². The van der Waals surface area contributed by atoms with Gasteiger partial charge in [0.25, 0.3) is 15.9 Å². The van der Waals surface area contributed by atoms with Crippen molar-refractivity contribution in [1.82, 2.24) is 4.90 Å². The molecule has 1 aromatic carbocycles. The molecule has 1 amide bonds. The summed E-state index contributed by atoms with van der Waals surface area (Å²) in [7, 11) is -0.568. The van der Waals surface area contributed by atoms with Crippen molar-refractivity contribution < 1.29 is 22.7 Å². The molecule has 1 aromatic rings. The van der Waals surface area contributed by atoms with Gasteiger partial charge in [-0.15, -0.1) is 4.40 Å². The number of sulfonamides is 1. The maximum absolute atomic E-state index is 12.7. The number of ether oxygens (including phenoxy) is 2. The van der Waals surface area contributed by atoms with Gasteiger partial charge in [-0.3, -0.25) is 4.79 Å². The largest absolute Gasteiger partial charge is 0.497 e. The second kappa shape index (κ2) is 6.60. The Morgan fingerprint density at radius 1 is 1.28 bits per heavy atom. The lowest BCUT2D eigenvalue weighted by molar-refractivity contribution is -0.112. The zero-order valence-electron chi connectivity index (χ0n) is 13.7. The van der Waals surface area contributed by atoms with E-state index in [1.165, 1.54) is 20.3 Å². The molecule has 2 aliphatic rings. The van der Waals surface area contributed by atoms with E-state index in [2.05, 4.69) is 9.71 Å². The minimum absolute atomic E-state index is 0.0839. The Hall–Kier alpha value is -2.81. The number of carbonyl (C=O) groups excluding carboxylic acids is 1. The summed E-state index contributed by atoms with van der Waals surface area (Å²) >= 11 is 0. The lowest BCUT2D eigenvalue weighted by Gasteiger charge is -2.28. The number of amides is 1. The highest BCUT2D eigenvalue weighted by molar-refractivity contribution is 7.90. The number of nitrogens with zero attached hydrogens (tertiary/aromatic N) is 2. The van der Waals surface area contributed by atoms with Gasteiger partial charge in [0.2, 0.25) is 0 Å². The van der Waals surface area contributed by atoms with Crippen LogP contribution in [0.15, 0.2) is 46.5 Å². The molecule has 0 radical (unpaired) electrons. The molecule has 0 saturated heterocycles. The molecule has 25 heavy (non-hydrogen) atoms. The van der Waals surface area contributed by atoms with Gasteiger partial charge in [-0.1, -0.05) is 0 Å². The van der Waals surface area contributed by atoms with Crippen LogP contribution in [0, 0.1) is 0 Å².